The fourth-order valence-corrected chi connectivity index (χ4v) is 10.0. The molecular formula is C22H28P+. The van der Waals surface area contributed by atoms with Crippen LogP contribution in [0.25, 0.3) is 0 Å². The molecule has 0 heterocycles. The molecule has 2 aromatic rings. The monoisotopic (exact) mass is 323 g/mol. The first-order valence-electron chi connectivity index (χ1n) is 9.15. The lowest BCUT2D eigenvalue weighted by atomic mass is 10.0. The van der Waals surface area contributed by atoms with Gasteiger partial charge in [0.05, 0.1) is 18.0 Å². The maximum Gasteiger partial charge on any atom is 0.0846 e. The molecule has 4 rings (SSSR count). The molecule has 2 aliphatic carbocycles. The fourth-order valence-electron chi connectivity index (χ4n) is 5.27. The standard InChI is InChI=1S/C22H28P/c1-23(16-18-8-4-2-5-9-18,17-19-10-6-3-7-11-19)22-15-20-12-13-21(22)14-20/h2-11,20-22H,12-17H2,1H3/q+1/t20-,21+,22+/m1/s1. The molecule has 0 N–H and O–H groups in total. The fraction of sp³-hybridized carbons (Fsp3) is 0.455. The quantitative estimate of drug-likeness (QED) is 0.573. The van der Waals surface area contributed by atoms with E-state index in [2.05, 4.69) is 67.3 Å². The summed E-state index contributed by atoms with van der Waals surface area (Å²) in [5, 5.41) is 0. The Morgan fingerprint density at radius 3 is 1.78 bits per heavy atom. The summed E-state index contributed by atoms with van der Waals surface area (Å²) in [5.74, 6) is 2.08. The van der Waals surface area contributed by atoms with Crippen molar-refractivity contribution in [1.82, 2.24) is 0 Å². The van der Waals surface area contributed by atoms with Gasteiger partial charge in [-0.3, -0.25) is 0 Å². The van der Waals surface area contributed by atoms with Crippen LogP contribution in [-0.2, 0) is 12.3 Å². The lowest BCUT2D eigenvalue weighted by Gasteiger charge is -2.35. The van der Waals surface area contributed by atoms with Gasteiger partial charge in [-0.15, -0.1) is 0 Å². The lowest BCUT2D eigenvalue weighted by Crippen LogP contribution is -2.23. The number of benzene rings is 2. The van der Waals surface area contributed by atoms with Gasteiger partial charge in [0.2, 0.25) is 0 Å². The molecule has 0 saturated heterocycles. The SMILES string of the molecule is C[P+](Cc1ccccc1)(Cc1ccccc1)[C@H]1C[C@@H]2CC[C@H]1C2. The number of rotatable bonds is 5. The number of hydrogen-bond donors (Lipinski definition) is 0. The van der Waals surface area contributed by atoms with Gasteiger partial charge in [0.15, 0.2) is 0 Å². The Labute approximate surface area is 141 Å². The molecule has 2 aliphatic rings. The molecule has 2 aromatic carbocycles. The third-order valence-corrected chi connectivity index (χ3v) is 10.7. The van der Waals surface area contributed by atoms with Crippen molar-refractivity contribution in [1.29, 1.82) is 0 Å². The van der Waals surface area contributed by atoms with E-state index in [-0.39, 0.29) is 0 Å². The highest BCUT2D eigenvalue weighted by atomic mass is 31.2. The Hall–Kier alpha value is -1.13. The van der Waals surface area contributed by atoms with Crippen molar-refractivity contribution >= 4 is 7.26 Å². The van der Waals surface area contributed by atoms with E-state index in [0.717, 1.165) is 17.5 Å². The minimum atomic E-state index is -1.00. The first-order valence-corrected chi connectivity index (χ1v) is 11.8. The smallest absolute Gasteiger partial charge is 0.0622 e. The molecule has 1 heteroatoms. The van der Waals surface area contributed by atoms with Crippen LogP contribution in [0.15, 0.2) is 60.7 Å². The molecule has 2 fully saturated rings. The summed E-state index contributed by atoms with van der Waals surface area (Å²) in [5.41, 5.74) is 4.13. The zero-order valence-corrected chi connectivity index (χ0v) is 15.1. The Balaban J connectivity index is 1.62. The van der Waals surface area contributed by atoms with Crippen LogP contribution in [0, 0.1) is 11.8 Å². The molecule has 2 bridgehead atoms. The van der Waals surface area contributed by atoms with Crippen molar-refractivity contribution in [2.24, 2.45) is 11.8 Å². The summed E-state index contributed by atoms with van der Waals surface area (Å²) in [7, 11) is -1.00. The van der Waals surface area contributed by atoms with E-state index in [1.165, 1.54) is 38.0 Å². The highest BCUT2D eigenvalue weighted by molar-refractivity contribution is 7.74. The van der Waals surface area contributed by atoms with Crippen molar-refractivity contribution in [3.63, 3.8) is 0 Å². The van der Waals surface area contributed by atoms with E-state index in [1.54, 1.807) is 11.1 Å². The molecular weight excluding hydrogens is 295 g/mol. The summed E-state index contributed by atoms with van der Waals surface area (Å²) in [6, 6.07) is 22.5. The summed E-state index contributed by atoms with van der Waals surface area (Å²) in [6.07, 6.45) is 8.73. The maximum absolute atomic E-state index is 2.68. The zero-order chi connectivity index (χ0) is 15.7. The predicted octanol–water partition coefficient (Wildman–Crippen LogP) is 6.22. The zero-order valence-electron chi connectivity index (χ0n) is 14.2. The minimum Gasteiger partial charge on any atom is -0.0622 e. The van der Waals surface area contributed by atoms with E-state index >= 15 is 0 Å². The van der Waals surface area contributed by atoms with Gasteiger partial charge in [0.25, 0.3) is 0 Å². The van der Waals surface area contributed by atoms with Crippen LogP contribution < -0.4 is 0 Å². The number of fused-ring (bicyclic) bond motifs is 2. The van der Waals surface area contributed by atoms with Crippen molar-refractivity contribution in [3.05, 3.63) is 71.8 Å². The van der Waals surface area contributed by atoms with Gasteiger partial charge in [-0.25, -0.2) is 0 Å². The van der Waals surface area contributed by atoms with E-state index in [1.807, 2.05) is 0 Å². The maximum atomic E-state index is 2.68. The Morgan fingerprint density at radius 1 is 0.783 bits per heavy atom. The normalized spacial score (nSPS) is 26.6. The van der Waals surface area contributed by atoms with Gasteiger partial charge in [-0.05, 0) is 48.6 Å². The molecule has 0 aliphatic heterocycles. The topological polar surface area (TPSA) is 0 Å². The minimum absolute atomic E-state index is 1.00. The molecule has 0 nitrogen and oxygen atoms in total. The summed E-state index contributed by atoms with van der Waals surface area (Å²) in [6.45, 7) is 2.68. The average Bonchev–Trinajstić information content (AvgIpc) is 3.20. The molecule has 0 radical (unpaired) electrons. The average molecular weight is 323 g/mol. The summed E-state index contributed by atoms with van der Waals surface area (Å²) in [4.78, 5) is 0. The second-order valence-electron chi connectivity index (χ2n) is 8.01. The van der Waals surface area contributed by atoms with Crippen molar-refractivity contribution in [2.75, 3.05) is 6.66 Å². The molecule has 0 aromatic heterocycles. The van der Waals surface area contributed by atoms with Crippen molar-refractivity contribution in [3.8, 4) is 0 Å². The van der Waals surface area contributed by atoms with E-state index in [0.29, 0.717) is 0 Å². The first-order chi connectivity index (χ1) is 11.2. The molecule has 23 heavy (non-hydrogen) atoms. The molecule has 0 unspecified atom stereocenters. The Bertz CT molecular complexity index is 592. The molecule has 2 saturated carbocycles. The second-order valence-corrected chi connectivity index (χ2v) is 12.3. The Kier molecular flexibility index (Phi) is 4.29. The van der Waals surface area contributed by atoms with Crippen LogP contribution in [-0.4, -0.2) is 12.3 Å². The molecule has 3 atom stereocenters. The van der Waals surface area contributed by atoms with E-state index in [9.17, 15) is 0 Å². The third kappa shape index (κ3) is 3.24. The van der Waals surface area contributed by atoms with Gasteiger partial charge in [0, 0.05) is 13.9 Å². The van der Waals surface area contributed by atoms with Crippen molar-refractivity contribution in [2.45, 2.75) is 43.7 Å². The van der Waals surface area contributed by atoms with E-state index in [4.69, 9.17) is 0 Å². The van der Waals surface area contributed by atoms with Crippen LogP contribution in [0.1, 0.15) is 36.8 Å². The molecule has 120 valence electrons. The van der Waals surface area contributed by atoms with Crippen LogP contribution >= 0.6 is 7.26 Å². The first kappa shape index (κ1) is 15.4. The third-order valence-electron chi connectivity index (χ3n) is 6.27. The lowest BCUT2D eigenvalue weighted by molar-refractivity contribution is 0.483. The summed E-state index contributed by atoms with van der Waals surface area (Å²) >= 11 is 0. The van der Waals surface area contributed by atoms with Gasteiger partial charge in [-0.1, -0.05) is 60.7 Å². The van der Waals surface area contributed by atoms with Crippen molar-refractivity contribution < 1.29 is 0 Å². The second kappa shape index (κ2) is 6.40. The van der Waals surface area contributed by atoms with Crippen LogP contribution in [0.4, 0.5) is 0 Å². The van der Waals surface area contributed by atoms with Gasteiger partial charge < -0.3 is 0 Å². The van der Waals surface area contributed by atoms with Gasteiger partial charge >= 0.3 is 0 Å². The van der Waals surface area contributed by atoms with Crippen LogP contribution in [0.3, 0.4) is 0 Å². The van der Waals surface area contributed by atoms with Gasteiger partial charge in [0.1, 0.15) is 0 Å². The number of hydrogen-bond acceptors (Lipinski definition) is 0. The Morgan fingerprint density at radius 2 is 1.35 bits per heavy atom. The highest BCUT2D eigenvalue weighted by Crippen LogP contribution is 2.72. The molecule has 0 spiro atoms. The van der Waals surface area contributed by atoms with E-state index < -0.39 is 7.26 Å². The molecule has 0 amide bonds. The van der Waals surface area contributed by atoms with Crippen LogP contribution in [0.2, 0.25) is 0 Å². The highest BCUT2D eigenvalue weighted by Gasteiger charge is 2.53. The van der Waals surface area contributed by atoms with Gasteiger partial charge in [-0.2, -0.15) is 0 Å². The summed E-state index contributed by atoms with van der Waals surface area (Å²) < 4.78 is 0. The van der Waals surface area contributed by atoms with Crippen LogP contribution in [0.5, 0.6) is 0 Å². The predicted molar refractivity (Wildman–Crippen MR) is 102 cm³/mol. The largest absolute Gasteiger partial charge is 0.0846 e.